The number of rotatable bonds is 4. The number of benzene rings is 3. The number of fused-ring (bicyclic) bond motifs is 3. The van der Waals surface area contributed by atoms with Crippen molar-refractivity contribution in [3.05, 3.63) is 115 Å². The van der Waals surface area contributed by atoms with Crippen molar-refractivity contribution >= 4 is 3.71 Å². The van der Waals surface area contributed by atoms with Crippen LogP contribution in [-0.4, -0.2) is 3.71 Å². The van der Waals surface area contributed by atoms with Crippen LogP contribution in [0.2, 0.25) is 0 Å². The van der Waals surface area contributed by atoms with Crippen LogP contribution in [0.4, 0.5) is 0 Å². The molecule has 0 heterocycles. The minimum atomic E-state index is -2.52. The Labute approximate surface area is 282 Å². The molecule has 1 unspecified atom stereocenters. The van der Waals surface area contributed by atoms with Crippen molar-refractivity contribution in [2.24, 2.45) is 11.3 Å². The van der Waals surface area contributed by atoms with Gasteiger partial charge in [0.1, 0.15) is 0 Å². The van der Waals surface area contributed by atoms with Gasteiger partial charge in [0.2, 0.25) is 0 Å². The van der Waals surface area contributed by atoms with E-state index in [1.807, 2.05) is 3.28 Å². The van der Waals surface area contributed by atoms with Gasteiger partial charge in [0.25, 0.3) is 0 Å². The predicted molar refractivity (Wildman–Crippen MR) is 177 cm³/mol. The summed E-state index contributed by atoms with van der Waals surface area (Å²) in [6, 6.07) is 26.2. The van der Waals surface area contributed by atoms with Crippen LogP contribution in [0.1, 0.15) is 114 Å². The molecule has 0 fully saturated rings. The molecule has 0 aliphatic heterocycles. The Morgan fingerprint density at radius 1 is 0.674 bits per heavy atom. The Balaban J connectivity index is 0.00000253. The fourth-order valence-corrected chi connectivity index (χ4v) is 15.9. The maximum absolute atomic E-state index is 2.78. The molecule has 0 saturated carbocycles. The maximum atomic E-state index is 2.78. The first kappa shape index (κ1) is 35.9. The van der Waals surface area contributed by atoms with Crippen molar-refractivity contribution in [2.45, 2.75) is 97.0 Å². The summed E-state index contributed by atoms with van der Waals surface area (Å²) in [6.45, 7) is 26.1. The van der Waals surface area contributed by atoms with Gasteiger partial charge in [-0.3, -0.25) is 0 Å². The zero-order valence-electron chi connectivity index (χ0n) is 28.1. The van der Waals surface area contributed by atoms with Gasteiger partial charge in [0.15, 0.2) is 0 Å². The van der Waals surface area contributed by atoms with Crippen molar-refractivity contribution < 1.29 is 46.1 Å². The van der Waals surface area contributed by atoms with E-state index in [1.54, 1.807) is 22.3 Å². The maximum Gasteiger partial charge on any atom is -1.00 e. The molecule has 0 radical (unpaired) electrons. The second-order valence-corrected chi connectivity index (χ2v) is 21.1. The Hall–Kier alpha value is -1.53. The molecule has 0 amide bonds. The van der Waals surface area contributed by atoms with Crippen LogP contribution in [0, 0.1) is 11.3 Å². The Morgan fingerprint density at radius 2 is 1.16 bits per heavy atom. The van der Waals surface area contributed by atoms with E-state index in [2.05, 4.69) is 153 Å². The Bertz CT molecular complexity index is 1500. The molecule has 2 aliphatic rings. The monoisotopic (exact) mass is 690 g/mol. The molecule has 0 aromatic heterocycles. The van der Waals surface area contributed by atoms with Crippen LogP contribution < -0.4 is 24.8 Å². The first-order valence-corrected chi connectivity index (χ1v) is 19.7. The molecule has 3 aromatic rings. The van der Waals surface area contributed by atoms with Gasteiger partial charge < -0.3 is 24.8 Å². The van der Waals surface area contributed by atoms with Crippen LogP contribution in [-0.2, 0) is 32.1 Å². The van der Waals surface area contributed by atoms with E-state index < -0.39 is 21.3 Å². The zero-order valence-corrected chi connectivity index (χ0v) is 32.1. The van der Waals surface area contributed by atoms with Gasteiger partial charge in [-0.15, -0.1) is 0 Å². The summed E-state index contributed by atoms with van der Waals surface area (Å²) in [7, 11) is 0. The van der Waals surface area contributed by atoms with E-state index in [4.69, 9.17) is 0 Å². The van der Waals surface area contributed by atoms with E-state index in [0.717, 1.165) is 6.42 Å². The number of halogens is 2. The van der Waals surface area contributed by atoms with Crippen LogP contribution in [0.5, 0.6) is 0 Å². The van der Waals surface area contributed by atoms with Gasteiger partial charge in [-0.05, 0) is 0 Å². The van der Waals surface area contributed by atoms with Crippen LogP contribution >= 0.6 is 0 Å². The summed E-state index contributed by atoms with van der Waals surface area (Å²) in [4.78, 5) is 0. The van der Waals surface area contributed by atoms with E-state index in [9.17, 15) is 0 Å². The van der Waals surface area contributed by atoms with Gasteiger partial charge in [0.05, 0.1) is 0 Å². The minimum Gasteiger partial charge on any atom is -1.00 e. The number of hydrogen-bond donors (Lipinski definition) is 0. The normalized spacial score (nSPS) is 16.8. The second kappa shape index (κ2) is 13.1. The predicted octanol–water partition coefficient (Wildman–Crippen LogP) is 5.11. The molecule has 3 aromatic carbocycles. The van der Waals surface area contributed by atoms with E-state index >= 15 is 0 Å². The van der Waals surface area contributed by atoms with Crippen molar-refractivity contribution in [3.8, 4) is 11.1 Å². The van der Waals surface area contributed by atoms with Crippen LogP contribution in [0.25, 0.3) is 11.1 Å². The summed E-state index contributed by atoms with van der Waals surface area (Å²) in [5.41, 5.74) is 14.0. The Kier molecular flexibility index (Phi) is 10.9. The topological polar surface area (TPSA) is 0 Å². The van der Waals surface area contributed by atoms with Crippen molar-refractivity contribution in [3.63, 3.8) is 0 Å². The van der Waals surface area contributed by atoms with Gasteiger partial charge in [0, 0.05) is 0 Å². The first-order valence-electron chi connectivity index (χ1n) is 15.6. The molecule has 0 saturated heterocycles. The fourth-order valence-electron chi connectivity index (χ4n) is 6.94. The minimum absolute atomic E-state index is 0. The third-order valence-electron chi connectivity index (χ3n) is 9.18. The number of allylic oxidation sites excluding steroid dienone is 4. The van der Waals surface area contributed by atoms with Gasteiger partial charge in [-0.2, -0.15) is 0 Å². The molecule has 0 bridgehead atoms. The smallest absolute Gasteiger partial charge is 1.00 e. The third kappa shape index (κ3) is 7.01. The van der Waals surface area contributed by atoms with Crippen LogP contribution in [0.15, 0.2) is 87.2 Å². The molecular formula is C40H50Cl2Zr. The zero-order chi connectivity index (χ0) is 29.9. The average Bonchev–Trinajstić information content (AvgIpc) is 3.41. The molecule has 2 aliphatic carbocycles. The molecule has 0 spiro atoms. The number of hydrogen-bond acceptors (Lipinski definition) is 0. The van der Waals surface area contributed by atoms with E-state index in [1.165, 1.54) is 27.8 Å². The van der Waals surface area contributed by atoms with Gasteiger partial charge in [-0.25, -0.2) is 0 Å². The summed E-state index contributed by atoms with van der Waals surface area (Å²) in [5, 5.41) is 0. The standard InChI is InChI=1S/C21H25.C12H19.C7H6.2ClH.Zr/c1-20(2,3)16-9-7-14-11-15-8-10-17(21(4,5)6)13-19(15)18(14)12-16;1-6-10-7-9(2)8-11(10)12(3,4)5;1-7-5-3-2-4-6-7;;;/h7-13H,1-6H3;8-9H,6H2,1-5H3;1-6H;2*1H;/q;;;;;+2/p-2. The molecule has 0 nitrogen and oxygen atoms in total. The average molecular weight is 693 g/mol. The molecule has 3 heteroatoms. The Morgan fingerprint density at radius 3 is 1.58 bits per heavy atom. The van der Waals surface area contributed by atoms with E-state index in [-0.39, 0.29) is 41.1 Å². The molecule has 43 heavy (non-hydrogen) atoms. The van der Waals surface area contributed by atoms with Crippen molar-refractivity contribution in [1.82, 2.24) is 0 Å². The van der Waals surface area contributed by atoms with Crippen molar-refractivity contribution in [1.29, 1.82) is 0 Å². The quantitative estimate of drug-likeness (QED) is 0.357. The summed E-state index contributed by atoms with van der Waals surface area (Å²) >= 11 is -2.52. The van der Waals surface area contributed by atoms with Crippen molar-refractivity contribution in [2.75, 3.05) is 0 Å². The van der Waals surface area contributed by atoms with Crippen LogP contribution in [0.3, 0.4) is 0 Å². The molecular weight excluding hydrogens is 643 g/mol. The fraction of sp³-hybridized carbons (Fsp3) is 0.425. The first-order chi connectivity index (χ1) is 19.1. The summed E-state index contributed by atoms with van der Waals surface area (Å²) in [5.74, 6) is 0.503. The molecule has 0 N–H and O–H groups in total. The third-order valence-corrected chi connectivity index (χ3v) is 17.2. The van der Waals surface area contributed by atoms with Gasteiger partial charge >= 0.3 is 260 Å². The van der Waals surface area contributed by atoms with E-state index in [0.29, 0.717) is 9.54 Å². The molecule has 1 atom stereocenters. The summed E-state index contributed by atoms with van der Waals surface area (Å²) in [6.07, 6.45) is 3.74. The summed E-state index contributed by atoms with van der Waals surface area (Å²) < 4.78 is 5.08. The molecule has 5 rings (SSSR count). The SMILES string of the molecule is CCC1=[C](/[Zr+2](=[CH]/c2ccccc2)[CH]2c3ccc(C(C)(C)C)cc3-c3cc(C(C)(C)C)ccc32)C(C)C=C1C(C)(C)C.[Cl-].[Cl-]. The molecule has 228 valence electrons. The second-order valence-electron chi connectivity index (χ2n) is 15.4. The largest absolute Gasteiger partial charge is 1.00 e. The van der Waals surface area contributed by atoms with Gasteiger partial charge in [-0.1, -0.05) is 0 Å².